The highest BCUT2D eigenvalue weighted by Gasteiger charge is 2.22. The molecule has 0 aliphatic carbocycles. The smallest absolute Gasteiger partial charge is 0.256 e. The Hall–Kier alpha value is -3.67. The standard InChI is InChI=1S/C23H18FIN4O4/c1-12(30)29-9-8-14-17(29)4-3-5-18(14)33-19-11-20(31)28(2)23(21(19)22(26)32)27-16-7-6-13(25)10-15(16)24/h3-11,27H,1-2H3,(H2,26,32). The molecule has 0 unspecified atom stereocenters. The molecule has 0 spiro atoms. The molecular weight excluding hydrogens is 542 g/mol. The molecule has 168 valence electrons. The van der Waals surface area contributed by atoms with Gasteiger partial charge in [-0.25, -0.2) is 4.39 Å². The van der Waals surface area contributed by atoms with Crippen molar-refractivity contribution in [3.8, 4) is 11.5 Å². The Kier molecular flexibility index (Phi) is 5.93. The summed E-state index contributed by atoms with van der Waals surface area (Å²) >= 11 is 1.97. The average molecular weight is 560 g/mol. The lowest BCUT2D eigenvalue weighted by Crippen LogP contribution is -2.25. The van der Waals surface area contributed by atoms with E-state index >= 15 is 0 Å². The zero-order valence-corrected chi connectivity index (χ0v) is 19.7. The summed E-state index contributed by atoms with van der Waals surface area (Å²) in [5.41, 5.74) is 5.67. The first-order chi connectivity index (χ1) is 15.7. The summed E-state index contributed by atoms with van der Waals surface area (Å²) in [7, 11) is 1.43. The second-order valence-electron chi connectivity index (χ2n) is 7.24. The monoisotopic (exact) mass is 560 g/mol. The van der Waals surface area contributed by atoms with Gasteiger partial charge in [-0.05, 0) is 59.0 Å². The first-order valence-corrected chi connectivity index (χ1v) is 10.8. The van der Waals surface area contributed by atoms with Crippen molar-refractivity contribution in [3.63, 3.8) is 0 Å². The van der Waals surface area contributed by atoms with Crippen LogP contribution in [0.1, 0.15) is 22.1 Å². The lowest BCUT2D eigenvalue weighted by atomic mass is 10.2. The number of nitrogens with two attached hydrogens (primary N) is 1. The van der Waals surface area contributed by atoms with E-state index in [0.29, 0.717) is 20.2 Å². The van der Waals surface area contributed by atoms with Gasteiger partial charge in [0.05, 0.1) is 11.2 Å². The zero-order chi connectivity index (χ0) is 23.9. The molecule has 0 atom stereocenters. The number of carbonyl (C=O) groups excluding carboxylic acids is 2. The molecule has 4 aromatic rings. The minimum Gasteiger partial charge on any atom is -0.455 e. The molecule has 2 heterocycles. The zero-order valence-electron chi connectivity index (χ0n) is 17.6. The van der Waals surface area contributed by atoms with Crippen molar-refractivity contribution >= 4 is 56.8 Å². The van der Waals surface area contributed by atoms with Crippen molar-refractivity contribution in [1.82, 2.24) is 9.13 Å². The number of primary amides is 1. The number of carbonyl (C=O) groups is 2. The number of hydrogen-bond acceptors (Lipinski definition) is 5. The molecule has 0 saturated carbocycles. The fourth-order valence-corrected chi connectivity index (χ4v) is 3.93. The third-order valence-electron chi connectivity index (χ3n) is 5.09. The number of nitrogens with zero attached hydrogens (tertiary/aromatic N) is 2. The number of benzene rings is 2. The summed E-state index contributed by atoms with van der Waals surface area (Å²) < 4.78 is 23.7. The maximum absolute atomic E-state index is 14.5. The number of rotatable bonds is 5. The summed E-state index contributed by atoms with van der Waals surface area (Å²) in [5, 5.41) is 3.39. The highest BCUT2D eigenvalue weighted by atomic mass is 127. The van der Waals surface area contributed by atoms with Crippen LogP contribution in [-0.2, 0) is 7.05 Å². The number of halogens is 2. The Labute approximate surface area is 200 Å². The minimum atomic E-state index is -0.873. The van der Waals surface area contributed by atoms with Gasteiger partial charge in [0.2, 0.25) is 5.91 Å². The Bertz CT molecular complexity index is 1490. The summed E-state index contributed by atoms with van der Waals surface area (Å²) in [6.45, 7) is 1.43. The SMILES string of the molecule is CC(=O)n1ccc2c(Oc3cc(=O)n(C)c(Nc4ccc(I)cc4F)c3C(N)=O)cccc21. The lowest BCUT2D eigenvalue weighted by Gasteiger charge is -2.18. The molecule has 4 rings (SSSR count). The third-order valence-corrected chi connectivity index (χ3v) is 5.76. The molecule has 0 radical (unpaired) electrons. The number of nitrogens with one attached hydrogen (secondary N) is 1. The Morgan fingerprint density at radius 3 is 2.55 bits per heavy atom. The van der Waals surface area contributed by atoms with Gasteiger partial charge in [0.25, 0.3) is 11.5 Å². The summed E-state index contributed by atoms with van der Waals surface area (Å²) in [4.78, 5) is 36.9. The largest absolute Gasteiger partial charge is 0.455 e. The van der Waals surface area contributed by atoms with Crippen LogP contribution in [0.15, 0.2) is 59.5 Å². The van der Waals surface area contributed by atoms with E-state index in [1.165, 1.54) is 30.7 Å². The molecule has 8 nitrogen and oxygen atoms in total. The topological polar surface area (TPSA) is 108 Å². The van der Waals surface area contributed by atoms with E-state index in [1.807, 2.05) is 22.6 Å². The molecule has 0 fully saturated rings. The highest BCUT2D eigenvalue weighted by Crippen LogP contribution is 2.35. The van der Waals surface area contributed by atoms with E-state index < -0.39 is 17.3 Å². The maximum atomic E-state index is 14.5. The molecule has 0 saturated heterocycles. The van der Waals surface area contributed by atoms with Crippen LogP contribution < -0.4 is 21.3 Å². The predicted octanol–water partition coefficient (Wildman–Crippen LogP) is 4.38. The normalized spacial score (nSPS) is 10.9. The second-order valence-corrected chi connectivity index (χ2v) is 8.48. The molecule has 0 bridgehead atoms. The van der Waals surface area contributed by atoms with Crippen LogP contribution in [0.2, 0.25) is 0 Å². The van der Waals surface area contributed by atoms with Gasteiger partial charge >= 0.3 is 0 Å². The lowest BCUT2D eigenvalue weighted by molar-refractivity contribution is 0.0940. The van der Waals surface area contributed by atoms with E-state index in [4.69, 9.17) is 10.5 Å². The second kappa shape index (κ2) is 8.70. The van der Waals surface area contributed by atoms with Crippen molar-refractivity contribution in [1.29, 1.82) is 0 Å². The molecule has 0 aliphatic rings. The van der Waals surface area contributed by atoms with Crippen molar-refractivity contribution in [2.45, 2.75) is 6.92 Å². The maximum Gasteiger partial charge on any atom is 0.256 e. The minimum absolute atomic E-state index is 0.0152. The molecule has 10 heteroatoms. The molecule has 0 aliphatic heterocycles. The molecule has 3 N–H and O–H groups in total. The van der Waals surface area contributed by atoms with Gasteiger partial charge in [-0.3, -0.25) is 23.5 Å². The van der Waals surface area contributed by atoms with Crippen molar-refractivity contribution < 1.29 is 18.7 Å². The summed E-state index contributed by atoms with van der Waals surface area (Å²) in [6, 6.07) is 12.4. The van der Waals surface area contributed by atoms with Crippen molar-refractivity contribution in [2.75, 3.05) is 5.32 Å². The fraction of sp³-hybridized carbons (Fsp3) is 0.0870. The van der Waals surface area contributed by atoms with Gasteiger partial charge in [-0.1, -0.05) is 6.07 Å². The van der Waals surface area contributed by atoms with E-state index in [9.17, 15) is 18.8 Å². The van der Waals surface area contributed by atoms with Crippen LogP contribution in [0.5, 0.6) is 11.5 Å². The molecule has 1 amide bonds. The van der Waals surface area contributed by atoms with Gasteiger partial charge in [-0.15, -0.1) is 0 Å². The number of hydrogen-bond donors (Lipinski definition) is 2. The first kappa shape index (κ1) is 22.5. The molecular formula is C23H18FIN4O4. The number of fused-ring (bicyclic) bond motifs is 1. The molecule has 33 heavy (non-hydrogen) atoms. The molecule has 2 aromatic heterocycles. The van der Waals surface area contributed by atoms with E-state index in [1.54, 1.807) is 36.5 Å². The molecule has 2 aromatic carbocycles. The van der Waals surface area contributed by atoms with Crippen LogP contribution in [0.4, 0.5) is 15.9 Å². The average Bonchev–Trinajstić information content (AvgIpc) is 3.18. The van der Waals surface area contributed by atoms with Gasteiger partial charge in [0.1, 0.15) is 28.7 Å². The number of pyridine rings is 1. The fourth-order valence-electron chi connectivity index (χ4n) is 3.48. The Balaban J connectivity index is 1.86. The van der Waals surface area contributed by atoms with E-state index in [0.717, 1.165) is 10.6 Å². The highest BCUT2D eigenvalue weighted by molar-refractivity contribution is 14.1. The number of ether oxygens (including phenoxy) is 1. The van der Waals surface area contributed by atoms with Gasteiger partial charge < -0.3 is 15.8 Å². The predicted molar refractivity (Wildman–Crippen MR) is 131 cm³/mol. The Morgan fingerprint density at radius 2 is 1.88 bits per heavy atom. The summed E-state index contributed by atoms with van der Waals surface area (Å²) in [6.07, 6.45) is 1.60. The van der Waals surface area contributed by atoms with Crippen molar-refractivity contribution in [2.24, 2.45) is 12.8 Å². The quantitative estimate of drug-likeness (QED) is 0.353. The number of aromatic nitrogens is 2. The number of anilines is 2. The third kappa shape index (κ3) is 4.21. The first-order valence-electron chi connectivity index (χ1n) is 9.72. The van der Waals surface area contributed by atoms with Gasteiger partial charge in [0.15, 0.2) is 0 Å². The number of amides is 1. The van der Waals surface area contributed by atoms with Gasteiger partial charge in [0, 0.05) is 35.2 Å². The van der Waals surface area contributed by atoms with E-state index in [2.05, 4.69) is 5.32 Å². The Morgan fingerprint density at radius 1 is 1.12 bits per heavy atom. The van der Waals surface area contributed by atoms with Crippen LogP contribution in [0.3, 0.4) is 0 Å². The van der Waals surface area contributed by atoms with E-state index in [-0.39, 0.29) is 28.7 Å². The van der Waals surface area contributed by atoms with Crippen LogP contribution >= 0.6 is 22.6 Å². The van der Waals surface area contributed by atoms with Crippen LogP contribution in [-0.4, -0.2) is 20.9 Å². The van der Waals surface area contributed by atoms with Gasteiger partial charge in [-0.2, -0.15) is 0 Å². The summed E-state index contributed by atoms with van der Waals surface area (Å²) in [5.74, 6) is -1.41. The van der Waals surface area contributed by atoms with Crippen LogP contribution in [0, 0.1) is 9.39 Å². The van der Waals surface area contributed by atoms with Crippen molar-refractivity contribution in [3.05, 3.63) is 80.0 Å². The van der Waals surface area contributed by atoms with Crippen LogP contribution in [0.25, 0.3) is 10.9 Å².